The molecule has 4 aromatic rings. The minimum Gasteiger partial charge on any atom is -0.390 e. The van der Waals surface area contributed by atoms with Gasteiger partial charge in [0.2, 0.25) is 0 Å². The van der Waals surface area contributed by atoms with Crippen LogP contribution in [0, 0.1) is 4.77 Å². The maximum atomic E-state index is 12.8. The molecule has 0 saturated carbocycles. The molecule has 2 heterocycles. The predicted molar refractivity (Wildman–Crippen MR) is 93.5 cm³/mol. The van der Waals surface area contributed by atoms with Gasteiger partial charge in [-0.05, 0) is 30.0 Å². The second-order valence-electron chi connectivity index (χ2n) is 5.58. The van der Waals surface area contributed by atoms with Gasteiger partial charge in [0.15, 0.2) is 0 Å². The number of hydrogen-bond donors (Lipinski definition) is 0. The zero-order chi connectivity index (χ0) is 18.3. The molecule has 4 rings (SSSR count). The summed E-state index contributed by atoms with van der Waals surface area (Å²) < 4.78 is 40.0. The normalized spacial score (nSPS) is 11.4. The quantitative estimate of drug-likeness (QED) is 0.384. The molecular formula is C18H10F3N4NaS. The van der Waals surface area contributed by atoms with Crippen LogP contribution in [0.3, 0.4) is 0 Å². The third kappa shape index (κ3) is 3.84. The Kier molecular flexibility index (Phi) is 5.53. The maximum absolute atomic E-state index is 12.8. The minimum atomic E-state index is -4.40. The van der Waals surface area contributed by atoms with Crippen LogP contribution in [0.5, 0.6) is 0 Å². The first-order chi connectivity index (χ1) is 12.4. The largest absolute Gasteiger partial charge is 1.00 e. The topological polar surface area (TPSA) is 44.8 Å². The van der Waals surface area contributed by atoms with Gasteiger partial charge in [-0.25, -0.2) is 4.98 Å². The third-order valence-corrected chi connectivity index (χ3v) is 4.18. The summed E-state index contributed by atoms with van der Waals surface area (Å²) in [5.41, 5.74) is 1.02. The molecule has 2 aromatic carbocycles. The van der Waals surface area contributed by atoms with E-state index in [4.69, 9.17) is 12.2 Å². The molecule has 0 aliphatic carbocycles. The summed E-state index contributed by atoms with van der Waals surface area (Å²) in [4.78, 5) is 4.55. The van der Waals surface area contributed by atoms with Gasteiger partial charge in [0, 0.05) is 10.2 Å². The van der Waals surface area contributed by atoms with Crippen molar-refractivity contribution in [3.8, 4) is 17.2 Å². The van der Waals surface area contributed by atoms with Crippen molar-refractivity contribution in [3.05, 3.63) is 71.0 Å². The number of nitrogens with zero attached hydrogens (tertiary/aromatic N) is 4. The van der Waals surface area contributed by atoms with Crippen LogP contribution < -0.4 is 34.7 Å². The molecular weight excluding hydrogens is 384 g/mol. The van der Waals surface area contributed by atoms with E-state index >= 15 is 0 Å². The first-order valence-electron chi connectivity index (χ1n) is 7.60. The van der Waals surface area contributed by atoms with E-state index < -0.39 is 11.7 Å². The number of fused-ring (bicyclic) bond motifs is 1. The van der Waals surface area contributed by atoms with Crippen molar-refractivity contribution in [3.63, 3.8) is 0 Å². The number of rotatable bonds is 2. The maximum Gasteiger partial charge on any atom is 1.00 e. The Labute approximate surface area is 179 Å². The third-order valence-electron chi connectivity index (χ3n) is 3.91. The van der Waals surface area contributed by atoms with Gasteiger partial charge < -0.3 is 9.67 Å². The van der Waals surface area contributed by atoms with Gasteiger partial charge in [0.1, 0.15) is 0 Å². The van der Waals surface area contributed by atoms with E-state index in [-0.39, 0.29) is 34.3 Å². The molecule has 0 unspecified atom stereocenters. The smallest absolute Gasteiger partial charge is 0.390 e. The Hall–Kier alpha value is -2.00. The van der Waals surface area contributed by atoms with Crippen molar-refractivity contribution in [2.45, 2.75) is 6.18 Å². The van der Waals surface area contributed by atoms with E-state index in [2.05, 4.69) is 15.2 Å². The number of hydrogen-bond acceptors (Lipinski definition) is 3. The Morgan fingerprint density at radius 1 is 0.926 bits per heavy atom. The minimum absolute atomic E-state index is 0. The van der Waals surface area contributed by atoms with Crippen LogP contribution in [-0.2, 0) is 6.18 Å². The molecule has 0 spiro atoms. The van der Waals surface area contributed by atoms with Crippen molar-refractivity contribution in [1.29, 1.82) is 0 Å². The Balaban J connectivity index is 0.00000210. The van der Waals surface area contributed by atoms with Gasteiger partial charge in [-0.1, -0.05) is 48.6 Å². The summed E-state index contributed by atoms with van der Waals surface area (Å²) in [6.45, 7) is 0. The molecule has 9 heteroatoms. The monoisotopic (exact) mass is 394 g/mol. The molecule has 130 valence electrons. The van der Waals surface area contributed by atoms with Crippen LogP contribution in [0.2, 0.25) is 0 Å². The number of para-hydroxylation sites is 1. The van der Waals surface area contributed by atoms with E-state index in [0.29, 0.717) is 17.2 Å². The van der Waals surface area contributed by atoms with Gasteiger partial charge in [-0.15, -0.1) is 0 Å². The van der Waals surface area contributed by atoms with Gasteiger partial charge in [0.05, 0.1) is 22.6 Å². The van der Waals surface area contributed by atoms with Gasteiger partial charge in [-0.3, -0.25) is 5.10 Å². The fraction of sp³-hybridized carbons (Fsp3) is 0.0556. The summed E-state index contributed by atoms with van der Waals surface area (Å²) in [5, 5.41) is 8.92. The second kappa shape index (κ2) is 7.55. The molecule has 0 radical (unpaired) electrons. The fourth-order valence-electron chi connectivity index (χ4n) is 2.66. The summed E-state index contributed by atoms with van der Waals surface area (Å²) in [6, 6.07) is 15.9. The second-order valence-corrected chi connectivity index (χ2v) is 5.94. The average Bonchev–Trinajstić information content (AvgIpc) is 3.02. The number of pyridine rings is 1. The Morgan fingerprint density at radius 3 is 2.33 bits per heavy atom. The van der Waals surface area contributed by atoms with Crippen LogP contribution in [0.25, 0.3) is 28.1 Å². The van der Waals surface area contributed by atoms with Gasteiger partial charge >= 0.3 is 35.7 Å². The van der Waals surface area contributed by atoms with E-state index in [9.17, 15) is 13.2 Å². The Morgan fingerprint density at radius 2 is 1.63 bits per heavy atom. The molecule has 2 aromatic heterocycles. The molecule has 0 aliphatic rings. The molecule has 0 atom stereocenters. The van der Waals surface area contributed by atoms with Crippen LogP contribution in [0.15, 0.2) is 60.7 Å². The zero-order valence-corrected chi connectivity index (χ0v) is 16.9. The molecule has 27 heavy (non-hydrogen) atoms. The van der Waals surface area contributed by atoms with Crippen molar-refractivity contribution in [2.75, 3.05) is 0 Å². The standard InChI is InChI=1S/C18H11F3N4S.Na/c19-18(20,21)12-6-8-13(9-7-12)25-16(23-24-17(25)26)15-10-5-11-3-1-2-4-14(11)22-15;/h1-10H,(H,22,24,26);/q;+1/p-1. The van der Waals surface area contributed by atoms with Crippen molar-refractivity contribution < 1.29 is 42.7 Å². The van der Waals surface area contributed by atoms with Crippen LogP contribution in [0.1, 0.15) is 5.56 Å². The number of aromatic nitrogens is 4. The van der Waals surface area contributed by atoms with Crippen LogP contribution in [0.4, 0.5) is 13.2 Å². The van der Waals surface area contributed by atoms with Crippen molar-refractivity contribution >= 4 is 23.1 Å². The van der Waals surface area contributed by atoms with E-state index in [1.807, 2.05) is 30.3 Å². The fourth-order valence-corrected chi connectivity index (χ4v) is 2.89. The van der Waals surface area contributed by atoms with E-state index in [1.165, 1.54) is 16.7 Å². The summed E-state index contributed by atoms with van der Waals surface area (Å²) >= 11 is 5.20. The number of benzene rings is 2. The molecule has 0 aliphatic heterocycles. The summed E-state index contributed by atoms with van der Waals surface area (Å²) in [6.07, 6.45) is -4.40. The van der Waals surface area contributed by atoms with Gasteiger partial charge in [-0.2, -0.15) is 13.2 Å². The first kappa shape index (κ1) is 19.8. The first-order valence-corrected chi connectivity index (χ1v) is 8.00. The van der Waals surface area contributed by atoms with E-state index in [1.54, 1.807) is 6.07 Å². The summed E-state index contributed by atoms with van der Waals surface area (Å²) in [5.74, 6) is 0.375. The molecule has 0 saturated heterocycles. The zero-order valence-electron chi connectivity index (χ0n) is 14.1. The van der Waals surface area contributed by atoms with E-state index in [0.717, 1.165) is 23.0 Å². The van der Waals surface area contributed by atoms with Crippen LogP contribution in [-0.4, -0.2) is 14.6 Å². The molecule has 0 fully saturated rings. The van der Waals surface area contributed by atoms with Crippen molar-refractivity contribution in [2.24, 2.45) is 0 Å². The average molecular weight is 394 g/mol. The number of alkyl halides is 3. The molecule has 0 bridgehead atoms. The predicted octanol–water partition coefficient (Wildman–Crippen LogP) is 1.80. The van der Waals surface area contributed by atoms with Crippen LogP contribution >= 0.6 is 12.2 Å². The Bertz CT molecular complexity index is 1150. The summed E-state index contributed by atoms with van der Waals surface area (Å²) in [7, 11) is 0. The number of halogens is 3. The SMILES string of the molecule is FC(F)(F)c1ccc(-n2c(-c3ccc4ccccc4n3)n[n-]c2=S)cc1.[Na+]. The molecule has 4 nitrogen and oxygen atoms in total. The van der Waals surface area contributed by atoms with Crippen molar-refractivity contribution in [1.82, 2.24) is 19.7 Å². The molecule has 0 N–H and O–H groups in total. The molecule has 0 amide bonds. The van der Waals surface area contributed by atoms with Gasteiger partial charge in [0.25, 0.3) is 0 Å².